The maximum Gasteiger partial charge on any atom is 0.277 e. The third-order valence-electron chi connectivity index (χ3n) is 2.88. The van der Waals surface area contributed by atoms with Gasteiger partial charge in [0, 0.05) is 23.7 Å². The summed E-state index contributed by atoms with van der Waals surface area (Å²) in [5, 5.41) is 9.43. The minimum absolute atomic E-state index is 0.269. The van der Waals surface area contributed by atoms with Gasteiger partial charge in [-0.15, -0.1) is 0 Å². The van der Waals surface area contributed by atoms with Crippen LogP contribution in [0.4, 0.5) is 5.82 Å². The van der Waals surface area contributed by atoms with Gasteiger partial charge in [0.2, 0.25) is 0 Å². The first-order chi connectivity index (χ1) is 9.13. The van der Waals surface area contributed by atoms with Crippen molar-refractivity contribution in [3.8, 4) is 0 Å². The van der Waals surface area contributed by atoms with Gasteiger partial charge in [-0.05, 0) is 26.0 Å². The summed E-state index contributed by atoms with van der Waals surface area (Å²) in [6, 6.07) is 7.51. The molecule has 0 unspecified atom stereocenters. The number of hydrogen-bond donors (Lipinski definition) is 2. The Kier molecular flexibility index (Phi) is 2.56. The van der Waals surface area contributed by atoms with E-state index in [0.717, 1.165) is 17.0 Å². The van der Waals surface area contributed by atoms with Gasteiger partial charge < -0.3 is 9.72 Å². The highest BCUT2D eigenvalue weighted by Gasteiger charge is 2.12. The summed E-state index contributed by atoms with van der Waals surface area (Å²) in [6.45, 7) is 3.84. The van der Waals surface area contributed by atoms with E-state index in [9.17, 15) is 4.79 Å². The highest BCUT2D eigenvalue weighted by Crippen LogP contribution is 2.10. The lowest BCUT2D eigenvalue weighted by Crippen LogP contribution is -2.12. The monoisotopic (exact) mass is 255 g/mol. The van der Waals surface area contributed by atoms with Crippen molar-refractivity contribution in [2.24, 2.45) is 0 Å². The van der Waals surface area contributed by atoms with Crippen molar-refractivity contribution in [2.75, 3.05) is 5.32 Å². The summed E-state index contributed by atoms with van der Waals surface area (Å²) in [7, 11) is 0. The van der Waals surface area contributed by atoms with E-state index >= 15 is 0 Å². The Labute approximate surface area is 109 Å². The molecule has 6 heteroatoms. The van der Waals surface area contributed by atoms with Gasteiger partial charge in [0.25, 0.3) is 5.91 Å². The number of hydrogen-bond acceptors (Lipinski definition) is 3. The molecule has 0 aliphatic heterocycles. The van der Waals surface area contributed by atoms with Crippen LogP contribution >= 0.6 is 0 Å². The van der Waals surface area contributed by atoms with E-state index < -0.39 is 0 Å². The molecular formula is C13H13N5O. The summed E-state index contributed by atoms with van der Waals surface area (Å²) >= 11 is 0. The molecule has 0 aromatic carbocycles. The lowest BCUT2D eigenvalue weighted by atomic mass is 10.4. The number of aromatic nitrogens is 4. The quantitative estimate of drug-likeness (QED) is 0.734. The molecule has 3 heterocycles. The number of aromatic amines is 1. The van der Waals surface area contributed by atoms with E-state index in [1.54, 1.807) is 12.3 Å². The van der Waals surface area contributed by atoms with Crippen molar-refractivity contribution in [2.45, 2.75) is 13.8 Å². The predicted octanol–water partition coefficient (Wildman–Crippen LogP) is 1.93. The van der Waals surface area contributed by atoms with Crippen molar-refractivity contribution in [3.05, 3.63) is 47.5 Å². The number of rotatable bonds is 2. The zero-order chi connectivity index (χ0) is 13.4. The Morgan fingerprint density at radius 1 is 1.37 bits per heavy atom. The first kappa shape index (κ1) is 11.5. The Morgan fingerprint density at radius 3 is 2.89 bits per heavy atom. The van der Waals surface area contributed by atoms with Crippen molar-refractivity contribution in [3.63, 3.8) is 0 Å². The zero-order valence-corrected chi connectivity index (χ0v) is 10.6. The number of H-pyrrole nitrogens is 1. The van der Waals surface area contributed by atoms with E-state index in [4.69, 9.17) is 0 Å². The lowest BCUT2D eigenvalue weighted by Gasteiger charge is -1.97. The van der Waals surface area contributed by atoms with Crippen LogP contribution in [0.5, 0.6) is 0 Å². The van der Waals surface area contributed by atoms with Gasteiger partial charge in [-0.25, -0.2) is 4.98 Å². The fourth-order valence-electron chi connectivity index (χ4n) is 1.92. The molecule has 0 atom stereocenters. The summed E-state index contributed by atoms with van der Waals surface area (Å²) in [5.41, 5.74) is 3.04. The topological polar surface area (TPSA) is 75.1 Å². The molecule has 0 saturated heterocycles. The number of imidazole rings is 1. The van der Waals surface area contributed by atoms with Crippen molar-refractivity contribution >= 4 is 17.4 Å². The Morgan fingerprint density at radius 2 is 2.21 bits per heavy atom. The molecule has 2 N–H and O–H groups in total. The van der Waals surface area contributed by atoms with E-state index in [1.165, 1.54) is 0 Å². The highest BCUT2D eigenvalue weighted by molar-refractivity contribution is 6.02. The molecule has 0 bridgehead atoms. The number of anilines is 1. The molecule has 96 valence electrons. The maximum absolute atomic E-state index is 12.1. The Bertz CT molecular complexity index is 755. The molecule has 0 radical (unpaired) electrons. The first-order valence-corrected chi connectivity index (χ1v) is 5.91. The molecule has 0 fully saturated rings. The molecule has 19 heavy (non-hydrogen) atoms. The van der Waals surface area contributed by atoms with Gasteiger partial charge >= 0.3 is 0 Å². The Hall–Kier alpha value is -2.63. The molecule has 6 nitrogen and oxygen atoms in total. The zero-order valence-electron chi connectivity index (χ0n) is 10.6. The molecule has 3 aromatic heterocycles. The van der Waals surface area contributed by atoms with Crippen LogP contribution in [0.2, 0.25) is 0 Å². The van der Waals surface area contributed by atoms with Gasteiger partial charge in [0.05, 0.1) is 0 Å². The summed E-state index contributed by atoms with van der Waals surface area (Å²) < 4.78 is 1.88. The third kappa shape index (κ3) is 2.08. The summed E-state index contributed by atoms with van der Waals surface area (Å²) in [5.74, 6) is 0.228. The number of aryl methyl sites for hydroxylation is 2. The molecule has 0 spiro atoms. The summed E-state index contributed by atoms with van der Waals surface area (Å²) in [6.07, 6.45) is 1.72. The predicted molar refractivity (Wildman–Crippen MR) is 71.2 cm³/mol. The fraction of sp³-hybridized carbons (Fsp3) is 0.154. The lowest BCUT2D eigenvalue weighted by molar-refractivity contribution is 0.102. The average molecular weight is 255 g/mol. The molecule has 0 aliphatic carbocycles. The second-order valence-corrected chi connectivity index (χ2v) is 4.41. The SMILES string of the molecule is Cc1cc(NC(=O)c2cn3c(C)cccc3n2)n[nH]1. The van der Waals surface area contributed by atoms with Crippen LogP contribution in [0.1, 0.15) is 21.9 Å². The number of nitrogens with one attached hydrogen (secondary N) is 2. The van der Waals surface area contributed by atoms with Crippen LogP contribution in [0.15, 0.2) is 30.5 Å². The van der Waals surface area contributed by atoms with Gasteiger partial charge in [-0.1, -0.05) is 6.07 Å². The number of amides is 1. The average Bonchev–Trinajstić information content (AvgIpc) is 2.96. The number of fused-ring (bicyclic) bond motifs is 1. The summed E-state index contributed by atoms with van der Waals surface area (Å²) in [4.78, 5) is 16.4. The van der Waals surface area contributed by atoms with Gasteiger partial charge in [0.1, 0.15) is 11.3 Å². The normalized spacial score (nSPS) is 10.8. The van der Waals surface area contributed by atoms with Gasteiger partial charge in [0.15, 0.2) is 5.82 Å². The van der Waals surface area contributed by atoms with Gasteiger partial charge in [-0.2, -0.15) is 5.10 Å². The van der Waals surface area contributed by atoms with Gasteiger partial charge in [-0.3, -0.25) is 9.89 Å². The van der Waals surface area contributed by atoms with E-state index in [-0.39, 0.29) is 5.91 Å². The molecule has 1 amide bonds. The molecule has 3 rings (SSSR count). The molecular weight excluding hydrogens is 242 g/mol. The number of nitrogens with zero attached hydrogens (tertiary/aromatic N) is 3. The van der Waals surface area contributed by atoms with Crippen molar-refractivity contribution in [1.82, 2.24) is 19.6 Å². The van der Waals surface area contributed by atoms with Crippen molar-refractivity contribution in [1.29, 1.82) is 0 Å². The van der Waals surface area contributed by atoms with Crippen LogP contribution in [0.25, 0.3) is 5.65 Å². The maximum atomic E-state index is 12.1. The fourth-order valence-corrected chi connectivity index (χ4v) is 1.92. The van der Waals surface area contributed by atoms with Crippen LogP contribution < -0.4 is 5.32 Å². The number of carbonyl (C=O) groups excluding carboxylic acids is 1. The minimum Gasteiger partial charge on any atom is -0.304 e. The molecule has 0 saturated carbocycles. The van der Waals surface area contributed by atoms with Crippen LogP contribution in [-0.2, 0) is 0 Å². The van der Waals surface area contributed by atoms with E-state index in [1.807, 2.05) is 36.4 Å². The minimum atomic E-state index is -0.269. The Balaban J connectivity index is 1.91. The van der Waals surface area contributed by atoms with Crippen LogP contribution in [-0.4, -0.2) is 25.5 Å². The van der Waals surface area contributed by atoms with Crippen LogP contribution in [0, 0.1) is 13.8 Å². The standard InChI is InChI=1S/C13H13N5O/c1-8-6-11(17-16-8)15-13(19)10-7-18-9(2)4-3-5-12(18)14-10/h3-7H,1-2H3,(H2,15,16,17,19). The van der Waals surface area contributed by atoms with E-state index in [0.29, 0.717) is 11.5 Å². The first-order valence-electron chi connectivity index (χ1n) is 5.91. The van der Waals surface area contributed by atoms with Crippen LogP contribution in [0.3, 0.4) is 0 Å². The molecule has 0 aliphatic rings. The largest absolute Gasteiger partial charge is 0.304 e. The second-order valence-electron chi connectivity index (χ2n) is 4.41. The smallest absolute Gasteiger partial charge is 0.277 e. The number of pyridine rings is 1. The van der Waals surface area contributed by atoms with Crippen molar-refractivity contribution < 1.29 is 4.79 Å². The number of carbonyl (C=O) groups is 1. The molecule has 3 aromatic rings. The van der Waals surface area contributed by atoms with E-state index in [2.05, 4.69) is 20.5 Å². The third-order valence-corrected chi connectivity index (χ3v) is 2.88. The second kappa shape index (κ2) is 4.24. The highest BCUT2D eigenvalue weighted by atomic mass is 16.2.